The van der Waals surface area contributed by atoms with Crippen molar-refractivity contribution >= 4 is 19.2 Å². The van der Waals surface area contributed by atoms with Gasteiger partial charge in [0.2, 0.25) is 0 Å². The Morgan fingerprint density at radius 3 is 2.43 bits per heavy atom. The Balaban J connectivity index is 1.95. The molecule has 1 aliphatic heterocycles. The van der Waals surface area contributed by atoms with Crippen molar-refractivity contribution in [3.8, 4) is 0 Å². The predicted molar refractivity (Wildman–Crippen MR) is 83.9 cm³/mol. The van der Waals surface area contributed by atoms with Crippen LogP contribution in [0, 0.1) is 5.92 Å². The van der Waals surface area contributed by atoms with Gasteiger partial charge in [-0.2, -0.15) is 0 Å². The zero-order valence-electron chi connectivity index (χ0n) is 12.3. The molecule has 0 spiro atoms. The first kappa shape index (κ1) is 15.5. The van der Waals surface area contributed by atoms with E-state index in [1.165, 1.54) is 0 Å². The lowest BCUT2D eigenvalue weighted by Crippen LogP contribution is -2.29. The first-order chi connectivity index (χ1) is 10.1. The lowest BCUT2D eigenvalue weighted by atomic mass is 10.0. The third kappa shape index (κ3) is 2.38. The highest BCUT2D eigenvalue weighted by atomic mass is 35.5. The molecule has 3 atom stereocenters. The minimum atomic E-state index is -3.13. The third-order valence-electron chi connectivity index (χ3n) is 4.50. The second kappa shape index (κ2) is 5.68. The average Bonchev–Trinajstić information content (AvgIpc) is 3.08. The Hall–Kier alpha value is -0.380. The molecule has 3 unspecified atom stereocenters. The number of hydrogen-bond acceptors (Lipinski definition) is 4. The Kier molecular flexibility index (Phi) is 4.19. The van der Waals surface area contributed by atoms with E-state index in [0.29, 0.717) is 24.2 Å². The fraction of sp³-hybridized carbons (Fsp3) is 0.600. The molecule has 1 N–H and O–H groups in total. The number of benzene rings is 1. The molecule has 0 bridgehead atoms. The molecule has 0 aromatic heterocycles. The minimum Gasteiger partial charge on any atom is -0.309 e. The standard InChI is InChI=1S/C15H21ClNO3P/c1-3-19-21(18,20-4-2)15-9-12(15)10-17-14(15)11-5-7-13(16)8-6-11/h5-8,12,14,17H,3-4,9-10H2,1-2H3. The molecule has 1 aromatic rings. The van der Waals surface area contributed by atoms with E-state index in [9.17, 15) is 4.57 Å². The number of piperidine rings is 1. The lowest BCUT2D eigenvalue weighted by molar-refractivity contribution is 0.204. The molecule has 1 aromatic carbocycles. The van der Waals surface area contributed by atoms with Crippen molar-refractivity contribution in [1.29, 1.82) is 0 Å². The molecule has 1 saturated heterocycles. The molecule has 2 fully saturated rings. The Morgan fingerprint density at radius 2 is 1.90 bits per heavy atom. The van der Waals surface area contributed by atoms with Gasteiger partial charge in [0, 0.05) is 11.1 Å². The van der Waals surface area contributed by atoms with E-state index in [2.05, 4.69) is 5.32 Å². The fourth-order valence-electron chi connectivity index (χ4n) is 3.55. The van der Waals surface area contributed by atoms with Crippen LogP contribution in [-0.4, -0.2) is 24.9 Å². The lowest BCUT2D eigenvalue weighted by Gasteiger charge is -2.31. The van der Waals surface area contributed by atoms with Crippen LogP contribution in [0.5, 0.6) is 0 Å². The molecule has 0 radical (unpaired) electrons. The molecular formula is C15H21ClNO3P. The SMILES string of the molecule is CCOP(=O)(OCC)C12CC1CNC2c1ccc(Cl)cc1. The minimum absolute atomic E-state index is 0.00343. The van der Waals surface area contributed by atoms with Crippen molar-refractivity contribution in [3.63, 3.8) is 0 Å². The van der Waals surface area contributed by atoms with Gasteiger partial charge < -0.3 is 14.4 Å². The summed E-state index contributed by atoms with van der Waals surface area (Å²) >= 11 is 5.96. The summed E-state index contributed by atoms with van der Waals surface area (Å²) in [7, 11) is -3.13. The van der Waals surface area contributed by atoms with Gasteiger partial charge in [0.05, 0.1) is 18.4 Å². The van der Waals surface area contributed by atoms with Gasteiger partial charge in [-0.15, -0.1) is 0 Å². The number of halogens is 1. The summed E-state index contributed by atoms with van der Waals surface area (Å²) in [6, 6.07) is 7.72. The van der Waals surface area contributed by atoms with Gasteiger partial charge in [-0.1, -0.05) is 23.7 Å². The summed E-state index contributed by atoms with van der Waals surface area (Å²) in [6.07, 6.45) is 0.893. The summed E-state index contributed by atoms with van der Waals surface area (Å²) < 4.78 is 24.6. The summed E-state index contributed by atoms with van der Waals surface area (Å²) in [5.41, 5.74) is 1.10. The Bertz CT molecular complexity index is 555. The van der Waals surface area contributed by atoms with Crippen LogP contribution in [0.3, 0.4) is 0 Å². The molecule has 1 saturated carbocycles. The van der Waals surface area contributed by atoms with E-state index in [1.807, 2.05) is 38.1 Å². The van der Waals surface area contributed by atoms with Crippen LogP contribution in [0.25, 0.3) is 0 Å². The normalized spacial score (nSPS) is 31.2. The molecule has 21 heavy (non-hydrogen) atoms. The molecule has 116 valence electrons. The van der Waals surface area contributed by atoms with E-state index in [4.69, 9.17) is 20.6 Å². The van der Waals surface area contributed by atoms with Crippen LogP contribution >= 0.6 is 19.2 Å². The largest absolute Gasteiger partial charge is 0.338 e. The topological polar surface area (TPSA) is 47.6 Å². The molecule has 1 aliphatic carbocycles. The highest BCUT2D eigenvalue weighted by molar-refractivity contribution is 7.56. The first-order valence-electron chi connectivity index (χ1n) is 7.45. The Labute approximate surface area is 130 Å². The number of rotatable bonds is 6. The molecule has 3 rings (SSSR count). The highest BCUT2D eigenvalue weighted by Gasteiger charge is 2.74. The van der Waals surface area contributed by atoms with Gasteiger partial charge in [0.15, 0.2) is 0 Å². The van der Waals surface area contributed by atoms with E-state index in [0.717, 1.165) is 18.5 Å². The number of hydrogen-bond donors (Lipinski definition) is 1. The maximum absolute atomic E-state index is 13.3. The zero-order valence-corrected chi connectivity index (χ0v) is 14.0. The van der Waals surface area contributed by atoms with Crippen molar-refractivity contribution in [2.45, 2.75) is 31.5 Å². The van der Waals surface area contributed by atoms with Crippen molar-refractivity contribution in [3.05, 3.63) is 34.9 Å². The van der Waals surface area contributed by atoms with Gasteiger partial charge in [0.1, 0.15) is 0 Å². The van der Waals surface area contributed by atoms with Crippen molar-refractivity contribution < 1.29 is 13.6 Å². The van der Waals surface area contributed by atoms with Crippen LogP contribution in [0.2, 0.25) is 5.02 Å². The van der Waals surface area contributed by atoms with Gasteiger partial charge in [0.25, 0.3) is 0 Å². The van der Waals surface area contributed by atoms with E-state index in [-0.39, 0.29) is 6.04 Å². The molecule has 6 heteroatoms. The Morgan fingerprint density at radius 1 is 1.29 bits per heavy atom. The van der Waals surface area contributed by atoms with Crippen LogP contribution < -0.4 is 5.32 Å². The van der Waals surface area contributed by atoms with E-state index in [1.54, 1.807) is 0 Å². The molecule has 2 aliphatic rings. The fourth-order valence-corrected chi connectivity index (χ4v) is 6.45. The van der Waals surface area contributed by atoms with Gasteiger partial charge in [-0.05, 0) is 50.4 Å². The monoisotopic (exact) mass is 329 g/mol. The van der Waals surface area contributed by atoms with E-state index < -0.39 is 12.8 Å². The maximum atomic E-state index is 13.3. The van der Waals surface area contributed by atoms with Crippen LogP contribution in [0.4, 0.5) is 0 Å². The van der Waals surface area contributed by atoms with Crippen molar-refractivity contribution in [2.75, 3.05) is 19.8 Å². The zero-order chi connectivity index (χ0) is 15.1. The molecular weight excluding hydrogens is 309 g/mol. The molecule has 1 heterocycles. The second-order valence-electron chi connectivity index (χ2n) is 5.62. The summed E-state index contributed by atoms with van der Waals surface area (Å²) in [6.45, 7) is 5.38. The summed E-state index contributed by atoms with van der Waals surface area (Å²) in [5, 5.41) is 3.77. The predicted octanol–water partition coefficient (Wildman–Crippen LogP) is 4.01. The van der Waals surface area contributed by atoms with Crippen LogP contribution in [-0.2, 0) is 13.6 Å². The average molecular weight is 330 g/mol. The molecule has 0 amide bonds. The van der Waals surface area contributed by atoms with Crippen LogP contribution in [0.1, 0.15) is 31.9 Å². The van der Waals surface area contributed by atoms with Gasteiger partial charge in [-0.3, -0.25) is 4.57 Å². The maximum Gasteiger partial charge on any atom is 0.338 e. The number of nitrogens with one attached hydrogen (secondary N) is 1. The van der Waals surface area contributed by atoms with E-state index >= 15 is 0 Å². The quantitative estimate of drug-likeness (QED) is 0.801. The van der Waals surface area contributed by atoms with Crippen molar-refractivity contribution in [2.24, 2.45) is 5.92 Å². The third-order valence-corrected chi connectivity index (χ3v) is 7.77. The summed E-state index contributed by atoms with van der Waals surface area (Å²) in [4.78, 5) is 0. The first-order valence-corrected chi connectivity index (χ1v) is 9.37. The second-order valence-corrected chi connectivity index (χ2v) is 8.40. The van der Waals surface area contributed by atoms with Crippen LogP contribution in [0.15, 0.2) is 24.3 Å². The van der Waals surface area contributed by atoms with Gasteiger partial charge in [-0.25, -0.2) is 0 Å². The smallest absolute Gasteiger partial charge is 0.309 e. The van der Waals surface area contributed by atoms with Gasteiger partial charge >= 0.3 is 7.60 Å². The summed E-state index contributed by atoms with van der Waals surface area (Å²) in [5.74, 6) is 0.363. The number of fused-ring (bicyclic) bond motifs is 1. The molecule has 4 nitrogen and oxygen atoms in total. The van der Waals surface area contributed by atoms with Crippen molar-refractivity contribution in [1.82, 2.24) is 5.32 Å². The highest BCUT2D eigenvalue weighted by Crippen LogP contribution is 2.79.